The topological polar surface area (TPSA) is 136 Å². The first-order valence-corrected chi connectivity index (χ1v) is 11.8. The van der Waals surface area contributed by atoms with Crippen LogP contribution in [0.5, 0.6) is 0 Å². The van der Waals surface area contributed by atoms with Crippen LogP contribution < -0.4 is 0 Å². The van der Waals surface area contributed by atoms with Crippen molar-refractivity contribution in [1.29, 1.82) is 0 Å². The maximum Gasteiger partial charge on any atom is 0.490 e. The van der Waals surface area contributed by atoms with E-state index in [1.54, 1.807) is 18.6 Å². The first-order valence-electron chi connectivity index (χ1n) is 11.8. The normalized spacial score (nSPS) is 21.8. The number of halogens is 6. The number of carboxylic acid groups (broad SMARTS) is 2. The molecule has 0 radical (unpaired) electrons. The van der Waals surface area contributed by atoms with E-state index in [1.807, 2.05) is 4.90 Å². The van der Waals surface area contributed by atoms with Gasteiger partial charge >= 0.3 is 24.3 Å². The predicted octanol–water partition coefficient (Wildman–Crippen LogP) is 1.75. The van der Waals surface area contributed by atoms with E-state index in [4.69, 9.17) is 24.5 Å². The van der Waals surface area contributed by atoms with Crippen LogP contribution in [0.2, 0.25) is 0 Å². The second-order valence-corrected chi connectivity index (χ2v) is 9.18. The van der Waals surface area contributed by atoms with Crippen molar-refractivity contribution in [2.24, 2.45) is 0 Å². The van der Waals surface area contributed by atoms with E-state index in [2.05, 4.69) is 26.8 Å². The molecule has 0 bridgehead atoms. The molecule has 4 heterocycles. The van der Waals surface area contributed by atoms with E-state index < -0.39 is 24.3 Å². The summed E-state index contributed by atoms with van der Waals surface area (Å²) in [7, 11) is 2.19. The summed E-state index contributed by atoms with van der Waals surface area (Å²) in [6.45, 7) is 6.88. The fourth-order valence-corrected chi connectivity index (χ4v) is 4.28. The van der Waals surface area contributed by atoms with Crippen molar-refractivity contribution in [2.75, 3.05) is 52.9 Å². The summed E-state index contributed by atoms with van der Waals surface area (Å²) in [6, 6.07) is 0.538. The number of carboxylic acids is 2. The number of ether oxygens (including phenoxy) is 1. The molecule has 1 aromatic rings. The minimum Gasteiger partial charge on any atom is -0.475 e. The number of aliphatic carboxylic acids is 2. The number of piperidine rings is 1. The molecule has 1 spiro atoms. The van der Waals surface area contributed by atoms with Gasteiger partial charge in [0.15, 0.2) is 0 Å². The monoisotopic (exact) mass is 573 g/mol. The van der Waals surface area contributed by atoms with Gasteiger partial charge in [-0.1, -0.05) is 0 Å². The average molecular weight is 573 g/mol. The number of carbonyl (C=O) groups excluding carboxylic acids is 1. The molecule has 1 aromatic heterocycles. The highest BCUT2D eigenvalue weighted by atomic mass is 19.4. The van der Waals surface area contributed by atoms with Gasteiger partial charge in [0.25, 0.3) is 5.91 Å². The minimum atomic E-state index is -5.08. The second-order valence-electron chi connectivity index (χ2n) is 9.18. The second kappa shape index (κ2) is 13.3. The Balaban J connectivity index is 0.000000317. The van der Waals surface area contributed by atoms with Crippen LogP contribution in [0.4, 0.5) is 26.3 Å². The fourth-order valence-electron chi connectivity index (χ4n) is 4.28. The van der Waals surface area contributed by atoms with Crippen molar-refractivity contribution in [2.45, 2.75) is 43.3 Å². The van der Waals surface area contributed by atoms with Gasteiger partial charge in [0.1, 0.15) is 5.69 Å². The maximum atomic E-state index is 12.5. The Hall–Kier alpha value is -3.05. The van der Waals surface area contributed by atoms with Crippen LogP contribution >= 0.6 is 0 Å². The Labute approximate surface area is 219 Å². The molecule has 3 aliphatic heterocycles. The highest BCUT2D eigenvalue weighted by molar-refractivity contribution is 5.92. The Kier molecular flexibility index (Phi) is 11.0. The lowest BCUT2D eigenvalue weighted by atomic mass is 9.87. The zero-order valence-electron chi connectivity index (χ0n) is 20.9. The predicted molar refractivity (Wildman–Crippen MR) is 121 cm³/mol. The van der Waals surface area contributed by atoms with E-state index >= 15 is 0 Å². The number of likely N-dealkylation sites (tertiary alicyclic amines) is 1. The summed E-state index contributed by atoms with van der Waals surface area (Å²) >= 11 is 0. The summed E-state index contributed by atoms with van der Waals surface area (Å²) in [5, 5.41) is 14.2. The minimum absolute atomic E-state index is 0.0171. The molecule has 1 amide bonds. The van der Waals surface area contributed by atoms with Crippen molar-refractivity contribution < 1.29 is 55.7 Å². The van der Waals surface area contributed by atoms with Crippen molar-refractivity contribution in [3.8, 4) is 0 Å². The summed E-state index contributed by atoms with van der Waals surface area (Å²) in [5.41, 5.74) is 0.397. The number of likely N-dealkylation sites (N-methyl/N-ethyl adjacent to an activating group) is 1. The molecule has 1 atom stereocenters. The molecule has 220 valence electrons. The highest BCUT2D eigenvalue weighted by Crippen LogP contribution is 2.38. The molecule has 2 N–H and O–H groups in total. The number of piperazine rings is 1. The first kappa shape index (κ1) is 32.2. The third-order valence-corrected chi connectivity index (χ3v) is 6.47. The molecule has 4 rings (SSSR count). The number of hydrogen-bond acceptors (Lipinski definition) is 8. The van der Waals surface area contributed by atoms with Gasteiger partial charge in [-0.2, -0.15) is 26.3 Å². The molecule has 39 heavy (non-hydrogen) atoms. The number of nitrogens with zero attached hydrogens (tertiary/aromatic N) is 5. The van der Waals surface area contributed by atoms with Gasteiger partial charge in [0.05, 0.1) is 18.4 Å². The number of rotatable bonds is 2. The molecule has 11 nitrogen and oxygen atoms in total. The molecule has 0 saturated carbocycles. The molecule has 17 heteroatoms. The van der Waals surface area contributed by atoms with E-state index in [0.717, 1.165) is 65.1 Å². The number of alkyl halides is 6. The number of amides is 1. The summed E-state index contributed by atoms with van der Waals surface area (Å²) in [5.74, 6) is -5.53. The van der Waals surface area contributed by atoms with Gasteiger partial charge in [0.2, 0.25) is 0 Å². The van der Waals surface area contributed by atoms with Crippen molar-refractivity contribution in [3.63, 3.8) is 0 Å². The molecule has 3 saturated heterocycles. The molecule has 0 aromatic carbocycles. The Morgan fingerprint density at radius 2 is 1.44 bits per heavy atom. The largest absolute Gasteiger partial charge is 0.490 e. The standard InChI is InChI=1S/C18H27N5O2.2C2HF3O2/c1-21-8-10-22(11-9-21)15-12-18(25-14-15)2-6-23(7-3-18)17(24)16-13-19-4-5-20-16;2*3-2(4,5)1(6)7/h4-5,13,15H,2-3,6-12,14H2,1H3;2*(H,6,7). The lowest BCUT2D eigenvalue weighted by Gasteiger charge is -2.39. The summed E-state index contributed by atoms with van der Waals surface area (Å²) in [4.78, 5) is 45.3. The number of aromatic nitrogens is 2. The fraction of sp³-hybridized carbons (Fsp3) is 0.682. The zero-order valence-corrected chi connectivity index (χ0v) is 20.9. The van der Waals surface area contributed by atoms with Gasteiger partial charge < -0.3 is 24.7 Å². The summed E-state index contributed by atoms with van der Waals surface area (Å²) in [6.07, 6.45) is -2.52. The smallest absolute Gasteiger partial charge is 0.475 e. The third kappa shape index (κ3) is 9.89. The summed E-state index contributed by atoms with van der Waals surface area (Å²) < 4.78 is 69.8. The molecule has 3 aliphatic rings. The molecule has 3 fully saturated rings. The zero-order chi connectivity index (χ0) is 29.4. The van der Waals surface area contributed by atoms with Gasteiger partial charge in [-0.25, -0.2) is 14.6 Å². The lowest BCUT2D eigenvalue weighted by Crippen LogP contribution is -2.50. The third-order valence-electron chi connectivity index (χ3n) is 6.47. The van der Waals surface area contributed by atoms with Crippen molar-refractivity contribution in [1.82, 2.24) is 24.7 Å². The average Bonchev–Trinajstić information content (AvgIpc) is 3.28. The lowest BCUT2D eigenvalue weighted by molar-refractivity contribution is -0.193. The van der Waals surface area contributed by atoms with Gasteiger partial charge in [-0.3, -0.25) is 14.7 Å². The van der Waals surface area contributed by atoms with Crippen molar-refractivity contribution in [3.05, 3.63) is 24.3 Å². The van der Waals surface area contributed by atoms with E-state index in [-0.39, 0.29) is 11.5 Å². The highest BCUT2D eigenvalue weighted by Gasteiger charge is 2.45. The quantitative estimate of drug-likeness (QED) is 0.504. The Morgan fingerprint density at radius 3 is 1.87 bits per heavy atom. The molecule has 0 aliphatic carbocycles. The number of hydrogen-bond donors (Lipinski definition) is 2. The van der Waals surface area contributed by atoms with Crippen LogP contribution in [-0.2, 0) is 14.3 Å². The van der Waals surface area contributed by atoms with E-state index in [0.29, 0.717) is 11.7 Å². The van der Waals surface area contributed by atoms with E-state index in [1.165, 1.54) is 0 Å². The molecular weight excluding hydrogens is 544 g/mol. The van der Waals surface area contributed by atoms with Gasteiger partial charge in [0, 0.05) is 57.7 Å². The van der Waals surface area contributed by atoms with Gasteiger partial charge in [-0.05, 0) is 26.3 Å². The van der Waals surface area contributed by atoms with Gasteiger partial charge in [-0.15, -0.1) is 0 Å². The molecule has 1 unspecified atom stereocenters. The van der Waals surface area contributed by atoms with Crippen LogP contribution in [0, 0.1) is 0 Å². The Morgan fingerprint density at radius 1 is 0.923 bits per heavy atom. The Bertz CT molecular complexity index is 940. The van der Waals surface area contributed by atoms with Crippen molar-refractivity contribution >= 4 is 17.8 Å². The maximum absolute atomic E-state index is 12.5. The van der Waals surface area contributed by atoms with Crippen LogP contribution in [0.1, 0.15) is 29.8 Å². The van der Waals surface area contributed by atoms with E-state index in [9.17, 15) is 31.1 Å². The number of carbonyl (C=O) groups is 3. The SMILES string of the molecule is CN1CCN(C2COC3(CCN(C(=O)c4cnccn4)CC3)C2)CC1.O=C(O)C(F)(F)F.O=C(O)C(F)(F)F. The van der Waals surface area contributed by atoms with Crippen LogP contribution in [0.15, 0.2) is 18.6 Å². The molecular formula is C22H29F6N5O6. The van der Waals surface area contributed by atoms with Crippen LogP contribution in [0.3, 0.4) is 0 Å². The van der Waals surface area contributed by atoms with Crippen LogP contribution in [-0.4, -0.2) is 130 Å². The van der Waals surface area contributed by atoms with Crippen LogP contribution in [0.25, 0.3) is 0 Å². The first-order chi connectivity index (χ1) is 18.0.